The largest absolute Gasteiger partial charge is 0.330 e. The summed E-state index contributed by atoms with van der Waals surface area (Å²) in [6.45, 7) is 0.245. The number of nitrogens with zero attached hydrogens (tertiary/aromatic N) is 4. The van der Waals surface area contributed by atoms with E-state index in [9.17, 15) is 14.4 Å². The molecule has 1 atom stereocenters. The summed E-state index contributed by atoms with van der Waals surface area (Å²) >= 11 is 0. The van der Waals surface area contributed by atoms with Gasteiger partial charge in [0.25, 0.3) is 11.8 Å². The van der Waals surface area contributed by atoms with Crippen LogP contribution in [0.4, 0.5) is 4.79 Å². The molecule has 4 amide bonds. The van der Waals surface area contributed by atoms with Gasteiger partial charge in [0, 0.05) is 48.9 Å². The normalized spacial score (nSPS) is 19.3. The quantitative estimate of drug-likeness (QED) is 0.481. The number of hydrogen-bond donors (Lipinski definition) is 2. The van der Waals surface area contributed by atoms with E-state index in [-0.39, 0.29) is 12.5 Å². The van der Waals surface area contributed by atoms with Crippen molar-refractivity contribution in [3.63, 3.8) is 0 Å². The van der Waals surface area contributed by atoms with Crippen LogP contribution in [0.3, 0.4) is 0 Å². The second-order valence-electron chi connectivity index (χ2n) is 7.74. The highest BCUT2D eigenvalue weighted by Crippen LogP contribution is 2.29. The molecule has 2 aromatic heterocycles. The molecule has 3 aromatic rings. The van der Waals surface area contributed by atoms with Crippen LogP contribution in [0, 0.1) is 11.8 Å². The lowest BCUT2D eigenvalue weighted by Crippen LogP contribution is -2.54. The lowest BCUT2D eigenvalue weighted by atomic mass is 9.99. The first-order valence-electron chi connectivity index (χ1n) is 9.91. The fraction of sp³-hybridized carbons (Fsp3) is 0.174. The maximum absolute atomic E-state index is 13.2. The lowest BCUT2D eigenvalue weighted by molar-refractivity contribution is -0.122. The Hall–Kier alpha value is -4.45. The number of aryl methyl sites for hydroxylation is 1. The van der Waals surface area contributed by atoms with Crippen LogP contribution in [0.1, 0.15) is 21.5 Å². The van der Waals surface area contributed by atoms with Gasteiger partial charge in [-0.1, -0.05) is 24.0 Å². The van der Waals surface area contributed by atoms with Gasteiger partial charge in [0.05, 0.1) is 12.7 Å². The van der Waals surface area contributed by atoms with E-state index in [1.54, 1.807) is 35.4 Å². The average molecular weight is 426 g/mol. The van der Waals surface area contributed by atoms with Crippen molar-refractivity contribution in [3.8, 4) is 23.0 Å². The number of fused-ring (bicyclic) bond motifs is 1. The molecule has 9 heteroatoms. The molecule has 0 aliphatic carbocycles. The van der Waals surface area contributed by atoms with Gasteiger partial charge in [-0.05, 0) is 29.3 Å². The molecule has 0 spiro atoms. The minimum absolute atomic E-state index is 0.0758. The van der Waals surface area contributed by atoms with Gasteiger partial charge < -0.3 is 10.2 Å². The number of imide groups is 1. The van der Waals surface area contributed by atoms with E-state index in [0.717, 1.165) is 16.7 Å². The first-order chi connectivity index (χ1) is 15.4. The van der Waals surface area contributed by atoms with Gasteiger partial charge in [-0.15, -0.1) is 0 Å². The number of rotatable bonds is 3. The van der Waals surface area contributed by atoms with E-state index in [1.807, 2.05) is 31.4 Å². The Labute approximate surface area is 183 Å². The first kappa shape index (κ1) is 19.5. The number of aromatic nitrogens is 3. The summed E-state index contributed by atoms with van der Waals surface area (Å²) in [6.07, 6.45) is 6.79. The highest BCUT2D eigenvalue weighted by molar-refractivity contribution is 6.10. The first-order valence-corrected chi connectivity index (χ1v) is 9.91. The molecule has 0 saturated carbocycles. The third-order valence-corrected chi connectivity index (χ3v) is 5.48. The van der Waals surface area contributed by atoms with E-state index in [2.05, 4.69) is 32.6 Å². The number of urea groups is 1. The molecular weight excluding hydrogens is 408 g/mol. The molecule has 4 heterocycles. The zero-order chi connectivity index (χ0) is 22.3. The molecule has 2 aliphatic heterocycles. The molecule has 1 fully saturated rings. The molecule has 2 N–H and O–H groups in total. The Morgan fingerprint density at radius 3 is 2.72 bits per heavy atom. The topological polar surface area (TPSA) is 109 Å². The fourth-order valence-corrected chi connectivity index (χ4v) is 3.87. The van der Waals surface area contributed by atoms with Crippen LogP contribution in [-0.2, 0) is 18.4 Å². The van der Waals surface area contributed by atoms with Crippen LogP contribution in [0.5, 0.6) is 0 Å². The number of amides is 4. The van der Waals surface area contributed by atoms with Crippen LogP contribution in [0.2, 0.25) is 0 Å². The SMILES string of the molecule is Cn1cc(-c2ccc3c(c2)C(=O)N(C[C@@]2(C#Cc4cccnc4)NC(=O)NC2=O)C3)cn1. The Balaban J connectivity index is 1.44. The van der Waals surface area contributed by atoms with Crippen molar-refractivity contribution in [1.82, 2.24) is 30.3 Å². The Kier molecular flexibility index (Phi) is 4.48. The monoisotopic (exact) mass is 426 g/mol. The van der Waals surface area contributed by atoms with Crippen molar-refractivity contribution in [2.75, 3.05) is 6.54 Å². The van der Waals surface area contributed by atoms with Gasteiger partial charge in [-0.25, -0.2) is 4.79 Å². The maximum Gasteiger partial charge on any atom is 0.323 e. The maximum atomic E-state index is 13.2. The summed E-state index contributed by atoms with van der Waals surface area (Å²) in [5, 5.41) is 9.01. The number of hydrogen-bond acceptors (Lipinski definition) is 5. The third kappa shape index (κ3) is 3.37. The molecular formula is C23H18N6O3. The van der Waals surface area contributed by atoms with Crippen molar-refractivity contribution < 1.29 is 14.4 Å². The summed E-state index contributed by atoms with van der Waals surface area (Å²) in [6, 6.07) is 8.50. The fourth-order valence-electron chi connectivity index (χ4n) is 3.87. The second kappa shape index (κ2) is 7.35. The molecule has 2 aliphatic rings. The highest BCUT2D eigenvalue weighted by atomic mass is 16.2. The molecule has 9 nitrogen and oxygen atoms in total. The van der Waals surface area contributed by atoms with Gasteiger partial charge in [-0.2, -0.15) is 5.10 Å². The van der Waals surface area contributed by atoms with E-state index < -0.39 is 17.5 Å². The number of nitrogens with one attached hydrogen (secondary N) is 2. The van der Waals surface area contributed by atoms with Gasteiger partial charge in [0.1, 0.15) is 0 Å². The van der Waals surface area contributed by atoms with Gasteiger partial charge >= 0.3 is 6.03 Å². The molecule has 1 aromatic carbocycles. The van der Waals surface area contributed by atoms with E-state index in [0.29, 0.717) is 17.7 Å². The number of carbonyl (C=O) groups excluding carboxylic acids is 3. The van der Waals surface area contributed by atoms with E-state index in [1.165, 1.54) is 4.90 Å². The molecule has 32 heavy (non-hydrogen) atoms. The molecule has 158 valence electrons. The zero-order valence-corrected chi connectivity index (χ0v) is 17.1. The average Bonchev–Trinajstić information content (AvgIpc) is 3.43. The van der Waals surface area contributed by atoms with E-state index >= 15 is 0 Å². The van der Waals surface area contributed by atoms with Crippen LogP contribution >= 0.6 is 0 Å². The Bertz CT molecular complexity index is 1320. The Morgan fingerprint density at radius 1 is 1.16 bits per heavy atom. The molecule has 0 bridgehead atoms. The zero-order valence-electron chi connectivity index (χ0n) is 17.1. The van der Waals surface area contributed by atoms with Gasteiger partial charge in [0.15, 0.2) is 0 Å². The molecule has 5 rings (SSSR count). The number of carbonyl (C=O) groups is 3. The van der Waals surface area contributed by atoms with Crippen molar-refractivity contribution >= 4 is 17.8 Å². The van der Waals surface area contributed by atoms with Crippen LogP contribution < -0.4 is 10.6 Å². The van der Waals surface area contributed by atoms with Crippen LogP contribution in [-0.4, -0.2) is 49.6 Å². The minimum atomic E-state index is -1.54. The predicted molar refractivity (Wildman–Crippen MR) is 114 cm³/mol. The van der Waals surface area contributed by atoms with Crippen LogP contribution in [0.15, 0.2) is 55.1 Å². The molecule has 0 radical (unpaired) electrons. The molecule has 1 saturated heterocycles. The predicted octanol–water partition coefficient (Wildman–Crippen LogP) is 1.07. The lowest BCUT2D eigenvalue weighted by Gasteiger charge is -2.26. The molecule has 0 unspecified atom stereocenters. The summed E-state index contributed by atoms with van der Waals surface area (Å²) in [7, 11) is 1.83. The van der Waals surface area contributed by atoms with Crippen molar-refractivity contribution in [2.24, 2.45) is 7.05 Å². The minimum Gasteiger partial charge on any atom is -0.330 e. The van der Waals surface area contributed by atoms with E-state index in [4.69, 9.17) is 0 Å². The van der Waals surface area contributed by atoms with Crippen molar-refractivity contribution in [2.45, 2.75) is 12.1 Å². The highest BCUT2D eigenvalue weighted by Gasteiger charge is 2.48. The van der Waals surface area contributed by atoms with Crippen molar-refractivity contribution in [3.05, 3.63) is 71.8 Å². The second-order valence-corrected chi connectivity index (χ2v) is 7.74. The summed E-state index contributed by atoms with van der Waals surface area (Å²) < 4.78 is 1.70. The smallest absolute Gasteiger partial charge is 0.323 e. The standard InChI is InChI=1S/C23H18N6O3/c1-28-12-18(11-25-28)16-4-5-17-13-29(20(30)19(17)9-16)14-23(21(31)26-22(32)27-23)7-6-15-3-2-8-24-10-15/h2-5,8-12H,13-14H2,1H3,(H2,26,27,31,32)/t23-/m1/s1. The summed E-state index contributed by atoms with van der Waals surface area (Å²) in [5.74, 6) is 4.95. The van der Waals surface area contributed by atoms with Gasteiger partial charge in [0.2, 0.25) is 5.54 Å². The number of pyridine rings is 1. The third-order valence-electron chi connectivity index (χ3n) is 5.48. The van der Waals surface area contributed by atoms with Gasteiger partial charge in [-0.3, -0.25) is 24.6 Å². The summed E-state index contributed by atoms with van der Waals surface area (Å²) in [4.78, 5) is 43.3. The Morgan fingerprint density at radius 2 is 2.03 bits per heavy atom. The van der Waals surface area contributed by atoms with Crippen LogP contribution in [0.25, 0.3) is 11.1 Å². The summed E-state index contributed by atoms with van der Waals surface area (Å²) in [5.41, 5.74) is 2.25. The van der Waals surface area contributed by atoms with Crippen molar-refractivity contribution in [1.29, 1.82) is 0 Å². The number of benzene rings is 1.